The summed E-state index contributed by atoms with van der Waals surface area (Å²) in [6.07, 6.45) is 0. The molecule has 0 unspecified atom stereocenters. The number of benzene rings is 12. The van der Waals surface area contributed by atoms with Crippen molar-refractivity contribution < 1.29 is 0 Å². The van der Waals surface area contributed by atoms with Crippen molar-refractivity contribution in [1.29, 1.82) is 0 Å². The highest BCUT2D eigenvalue weighted by Gasteiger charge is 2.49. The van der Waals surface area contributed by atoms with Crippen LogP contribution in [0.4, 0.5) is 17.1 Å². The van der Waals surface area contributed by atoms with Crippen molar-refractivity contribution in [1.82, 2.24) is 0 Å². The average Bonchev–Trinajstić information content (AvgIpc) is 4.21. The van der Waals surface area contributed by atoms with Crippen LogP contribution in [0.3, 0.4) is 0 Å². The van der Waals surface area contributed by atoms with E-state index in [1.54, 1.807) is 0 Å². The van der Waals surface area contributed by atoms with Gasteiger partial charge < -0.3 is 4.90 Å². The number of thiophene rings is 1. The zero-order chi connectivity index (χ0) is 50.2. The Kier molecular flexibility index (Phi) is 10.4. The van der Waals surface area contributed by atoms with E-state index in [2.05, 4.69) is 302 Å². The molecular weight excluding hydrogens is 951 g/mol. The molecule has 0 saturated carbocycles. The standard InChI is InChI=1S/C73H49NSSi/c1-5-22-50(23-6-1)65-47-52(51-24-21-31-58(46-51)76(57-29-11-4-12-30-57)71-38-19-15-34-63(71)64-35-16-20-39-72(64)76)40-45-68(65)74(56-42-44-62-61-33-14-18-37-69(61)75-70(62)49-56)55-41-43-60-59-32-13-17-36-66(59)73(67(60)48-55,53-25-7-2-8-26-53)54-27-9-3-10-28-54/h1-49H. The Labute approximate surface area is 449 Å². The number of hydrogen-bond donors (Lipinski definition) is 0. The summed E-state index contributed by atoms with van der Waals surface area (Å²) in [7, 11) is -2.72. The van der Waals surface area contributed by atoms with Gasteiger partial charge in [0.15, 0.2) is 8.07 Å². The zero-order valence-corrected chi connectivity index (χ0v) is 43.5. The van der Waals surface area contributed by atoms with Crippen LogP contribution >= 0.6 is 11.3 Å². The molecule has 0 atom stereocenters. The molecular formula is C73H49NSSi. The van der Waals surface area contributed by atoms with Crippen molar-refractivity contribution >= 4 is 77.4 Å². The van der Waals surface area contributed by atoms with E-state index in [9.17, 15) is 0 Å². The van der Waals surface area contributed by atoms with Crippen molar-refractivity contribution in [3.05, 3.63) is 320 Å². The second-order valence-electron chi connectivity index (χ2n) is 20.3. The first-order valence-corrected chi connectivity index (χ1v) is 29.1. The minimum absolute atomic E-state index is 0.552. The molecule has 0 amide bonds. The van der Waals surface area contributed by atoms with Crippen LogP contribution in [-0.2, 0) is 5.41 Å². The lowest BCUT2D eigenvalue weighted by Gasteiger charge is -2.35. The summed E-state index contributed by atoms with van der Waals surface area (Å²) in [6.45, 7) is 0. The summed E-state index contributed by atoms with van der Waals surface area (Å²) in [4.78, 5) is 2.53. The maximum absolute atomic E-state index is 2.72. The SMILES string of the molecule is c1ccc(-c2cc(-c3cccc([Si]4(c5ccccc5)c5ccccc5-c5ccccc54)c3)ccc2N(c2ccc3c(c2)C(c2ccccc2)(c2ccccc2)c2ccccc2-3)c2ccc3c(c2)sc2ccccc23)cc1. The molecule has 2 heterocycles. The minimum Gasteiger partial charge on any atom is -0.310 e. The maximum Gasteiger partial charge on any atom is 0.180 e. The molecule has 2 aliphatic rings. The topological polar surface area (TPSA) is 3.24 Å². The minimum atomic E-state index is -2.72. The quantitative estimate of drug-likeness (QED) is 0.130. The second kappa shape index (κ2) is 17.8. The van der Waals surface area contributed by atoms with Crippen molar-refractivity contribution in [2.75, 3.05) is 4.90 Å². The van der Waals surface area contributed by atoms with Gasteiger partial charge in [-0.3, -0.25) is 0 Å². The van der Waals surface area contributed by atoms with Crippen LogP contribution in [0.25, 0.3) is 64.7 Å². The van der Waals surface area contributed by atoms with E-state index in [4.69, 9.17) is 0 Å². The molecule has 12 aromatic carbocycles. The van der Waals surface area contributed by atoms with E-state index in [0.717, 1.165) is 28.2 Å². The highest BCUT2D eigenvalue weighted by Crippen LogP contribution is 2.58. The molecule has 13 aromatic rings. The number of rotatable bonds is 9. The van der Waals surface area contributed by atoms with Gasteiger partial charge in [-0.05, 0) is 124 Å². The van der Waals surface area contributed by atoms with Gasteiger partial charge >= 0.3 is 0 Å². The van der Waals surface area contributed by atoms with Crippen LogP contribution in [0.5, 0.6) is 0 Å². The van der Waals surface area contributed by atoms with E-state index in [-0.39, 0.29) is 0 Å². The molecule has 1 aliphatic heterocycles. The normalized spacial score (nSPS) is 13.5. The lowest BCUT2D eigenvalue weighted by atomic mass is 9.67. The number of fused-ring (bicyclic) bond motifs is 9. The fourth-order valence-electron chi connectivity index (χ4n) is 13.3. The summed E-state index contributed by atoms with van der Waals surface area (Å²) < 4.78 is 2.56. The van der Waals surface area contributed by atoms with Gasteiger partial charge in [-0.25, -0.2) is 0 Å². The molecule has 0 N–H and O–H groups in total. The Morgan fingerprint density at radius 2 is 0.829 bits per heavy atom. The Hall–Kier alpha value is -9.12. The van der Waals surface area contributed by atoms with Gasteiger partial charge in [-0.1, -0.05) is 255 Å². The zero-order valence-electron chi connectivity index (χ0n) is 41.6. The van der Waals surface area contributed by atoms with Crippen LogP contribution in [0.15, 0.2) is 297 Å². The van der Waals surface area contributed by atoms with Crippen molar-refractivity contribution in [2.45, 2.75) is 5.41 Å². The summed E-state index contributed by atoms with van der Waals surface area (Å²) >= 11 is 1.87. The van der Waals surface area contributed by atoms with E-state index in [1.165, 1.54) is 96.6 Å². The lowest BCUT2D eigenvalue weighted by Crippen LogP contribution is -2.72. The molecule has 0 fully saturated rings. The maximum atomic E-state index is 2.53. The molecule has 15 rings (SSSR count). The Morgan fingerprint density at radius 3 is 1.55 bits per heavy atom. The van der Waals surface area contributed by atoms with Crippen LogP contribution in [0.2, 0.25) is 0 Å². The number of hydrogen-bond acceptors (Lipinski definition) is 2. The fraction of sp³-hybridized carbons (Fsp3) is 0.0137. The number of anilines is 3. The van der Waals surface area contributed by atoms with E-state index >= 15 is 0 Å². The third-order valence-corrected chi connectivity index (χ3v) is 22.4. The Balaban J connectivity index is 0.967. The van der Waals surface area contributed by atoms with E-state index in [1.807, 2.05) is 11.3 Å². The smallest absolute Gasteiger partial charge is 0.180 e. The predicted octanol–water partition coefficient (Wildman–Crippen LogP) is 16.6. The average molecular weight is 1000 g/mol. The summed E-state index contributed by atoms with van der Waals surface area (Å²) in [5.74, 6) is 0. The van der Waals surface area contributed by atoms with Crippen LogP contribution in [0, 0.1) is 0 Å². The summed E-state index contributed by atoms with van der Waals surface area (Å²) in [5, 5.41) is 8.27. The van der Waals surface area contributed by atoms with Crippen LogP contribution < -0.4 is 25.6 Å². The molecule has 356 valence electrons. The van der Waals surface area contributed by atoms with E-state index < -0.39 is 13.5 Å². The second-order valence-corrected chi connectivity index (χ2v) is 25.1. The molecule has 76 heavy (non-hydrogen) atoms. The van der Waals surface area contributed by atoms with Crippen molar-refractivity contribution in [3.8, 4) is 44.5 Å². The van der Waals surface area contributed by atoms with Crippen LogP contribution in [-0.4, -0.2) is 8.07 Å². The van der Waals surface area contributed by atoms with Gasteiger partial charge in [0.2, 0.25) is 0 Å². The Bertz CT molecular complexity index is 4270. The van der Waals surface area contributed by atoms with Gasteiger partial charge in [0, 0.05) is 37.1 Å². The molecule has 0 spiro atoms. The lowest BCUT2D eigenvalue weighted by molar-refractivity contribution is 0.768. The summed E-state index contributed by atoms with van der Waals surface area (Å²) in [6, 6.07) is 112. The highest BCUT2D eigenvalue weighted by molar-refractivity contribution is 7.26. The Morgan fingerprint density at radius 1 is 0.303 bits per heavy atom. The highest BCUT2D eigenvalue weighted by atomic mass is 32.1. The van der Waals surface area contributed by atoms with Crippen molar-refractivity contribution in [2.24, 2.45) is 0 Å². The van der Waals surface area contributed by atoms with Crippen LogP contribution in [0.1, 0.15) is 22.3 Å². The molecule has 1 nitrogen and oxygen atoms in total. The predicted molar refractivity (Wildman–Crippen MR) is 325 cm³/mol. The first-order chi connectivity index (χ1) is 37.7. The molecule has 0 bridgehead atoms. The first-order valence-electron chi connectivity index (χ1n) is 26.3. The largest absolute Gasteiger partial charge is 0.310 e. The molecule has 1 aromatic heterocycles. The molecule has 0 saturated heterocycles. The first kappa shape index (κ1) is 44.4. The molecule has 0 radical (unpaired) electrons. The third-order valence-electron chi connectivity index (χ3n) is 16.4. The third kappa shape index (κ3) is 6.63. The monoisotopic (exact) mass is 999 g/mol. The van der Waals surface area contributed by atoms with Gasteiger partial charge in [0.1, 0.15) is 0 Å². The van der Waals surface area contributed by atoms with Gasteiger partial charge in [-0.15, -0.1) is 11.3 Å². The van der Waals surface area contributed by atoms with E-state index in [0.29, 0.717) is 0 Å². The van der Waals surface area contributed by atoms with Crippen molar-refractivity contribution in [3.63, 3.8) is 0 Å². The molecule has 3 heteroatoms. The van der Waals surface area contributed by atoms with Gasteiger partial charge in [-0.2, -0.15) is 0 Å². The number of nitrogens with zero attached hydrogens (tertiary/aromatic N) is 1. The van der Waals surface area contributed by atoms with Gasteiger partial charge in [0.05, 0.1) is 11.1 Å². The van der Waals surface area contributed by atoms with Gasteiger partial charge in [0.25, 0.3) is 0 Å². The fourth-order valence-corrected chi connectivity index (χ4v) is 19.6. The molecule has 1 aliphatic carbocycles. The summed E-state index contributed by atoms with van der Waals surface area (Å²) in [5.41, 5.74) is 17.8.